The highest BCUT2D eigenvalue weighted by atomic mass is 16.5. The molecule has 0 aliphatic carbocycles. The SMILES string of the molecule is O=C(NC1CCCOC1)C1CN(Cc2ccccc2)CCO1. The summed E-state index contributed by atoms with van der Waals surface area (Å²) in [6.45, 7) is 4.40. The molecular formula is C17H24N2O3. The normalized spacial score (nSPS) is 26.5. The predicted octanol–water partition coefficient (Wildman–Crippen LogP) is 1.18. The van der Waals surface area contributed by atoms with Crippen LogP contribution in [0.15, 0.2) is 30.3 Å². The van der Waals surface area contributed by atoms with Crippen LogP contribution in [0.3, 0.4) is 0 Å². The third-order valence-electron chi connectivity index (χ3n) is 4.20. The summed E-state index contributed by atoms with van der Waals surface area (Å²) in [5.41, 5.74) is 1.27. The van der Waals surface area contributed by atoms with Crippen LogP contribution in [0.4, 0.5) is 0 Å². The number of nitrogens with zero attached hydrogens (tertiary/aromatic N) is 1. The van der Waals surface area contributed by atoms with Crippen LogP contribution in [0.5, 0.6) is 0 Å². The van der Waals surface area contributed by atoms with Crippen molar-refractivity contribution in [2.45, 2.75) is 31.5 Å². The second kappa shape index (κ2) is 7.72. The van der Waals surface area contributed by atoms with E-state index < -0.39 is 0 Å². The van der Waals surface area contributed by atoms with Crippen LogP contribution in [0.2, 0.25) is 0 Å². The molecule has 120 valence electrons. The van der Waals surface area contributed by atoms with E-state index in [1.54, 1.807) is 0 Å². The molecule has 1 N–H and O–H groups in total. The standard InChI is InChI=1S/C17H24N2O3/c20-17(18-15-7-4-9-21-13-15)16-12-19(8-10-22-16)11-14-5-2-1-3-6-14/h1-3,5-6,15-16H,4,7-13H2,(H,18,20). The van der Waals surface area contributed by atoms with E-state index in [-0.39, 0.29) is 18.1 Å². The fraction of sp³-hybridized carbons (Fsp3) is 0.588. The van der Waals surface area contributed by atoms with E-state index in [0.717, 1.165) is 32.5 Å². The Hall–Kier alpha value is -1.43. The molecule has 1 aromatic rings. The highest BCUT2D eigenvalue weighted by Gasteiger charge is 2.28. The van der Waals surface area contributed by atoms with Crippen molar-refractivity contribution in [1.82, 2.24) is 10.2 Å². The minimum Gasteiger partial charge on any atom is -0.379 e. The van der Waals surface area contributed by atoms with Gasteiger partial charge in [-0.15, -0.1) is 0 Å². The first-order chi connectivity index (χ1) is 10.8. The fourth-order valence-electron chi connectivity index (χ4n) is 3.00. The summed E-state index contributed by atoms with van der Waals surface area (Å²) in [5, 5.41) is 3.06. The summed E-state index contributed by atoms with van der Waals surface area (Å²) in [4.78, 5) is 14.6. The highest BCUT2D eigenvalue weighted by molar-refractivity contribution is 5.81. The minimum atomic E-state index is -0.376. The van der Waals surface area contributed by atoms with Gasteiger partial charge in [0.2, 0.25) is 0 Å². The lowest BCUT2D eigenvalue weighted by Gasteiger charge is -2.33. The first kappa shape index (κ1) is 15.5. The zero-order chi connectivity index (χ0) is 15.2. The molecular weight excluding hydrogens is 280 g/mol. The smallest absolute Gasteiger partial charge is 0.250 e. The lowest BCUT2D eigenvalue weighted by atomic mass is 10.1. The monoisotopic (exact) mass is 304 g/mol. The lowest BCUT2D eigenvalue weighted by molar-refractivity contribution is -0.140. The molecule has 2 atom stereocenters. The number of benzene rings is 1. The Balaban J connectivity index is 1.50. The molecule has 2 unspecified atom stereocenters. The molecule has 3 rings (SSSR count). The largest absolute Gasteiger partial charge is 0.379 e. The number of morpholine rings is 1. The molecule has 2 heterocycles. The second-order valence-electron chi connectivity index (χ2n) is 6.00. The molecule has 0 aromatic heterocycles. The molecule has 22 heavy (non-hydrogen) atoms. The third-order valence-corrected chi connectivity index (χ3v) is 4.20. The number of hydrogen-bond acceptors (Lipinski definition) is 4. The van der Waals surface area contributed by atoms with Crippen LogP contribution in [0.25, 0.3) is 0 Å². The van der Waals surface area contributed by atoms with Crippen molar-refractivity contribution in [3.63, 3.8) is 0 Å². The average Bonchev–Trinajstić information content (AvgIpc) is 2.57. The van der Waals surface area contributed by atoms with Gasteiger partial charge in [0, 0.05) is 26.2 Å². The van der Waals surface area contributed by atoms with Gasteiger partial charge in [0.05, 0.1) is 19.3 Å². The topological polar surface area (TPSA) is 50.8 Å². The van der Waals surface area contributed by atoms with E-state index in [0.29, 0.717) is 19.8 Å². The molecule has 2 saturated heterocycles. The second-order valence-corrected chi connectivity index (χ2v) is 6.00. The van der Waals surface area contributed by atoms with E-state index >= 15 is 0 Å². The minimum absolute atomic E-state index is 0.00624. The molecule has 0 spiro atoms. The van der Waals surface area contributed by atoms with E-state index in [4.69, 9.17) is 9.47 Å². The number of nitrogens with one attached hydrogen (secondary N) is 1. The van der Waals surface area contributed by atoms with Gasteiger partial charge >= 0.3 is 0 Å². The van der Waals surface area contributed by atoms with Crippen molar-refractivity contribution in [1.29, 1.82) is 0 Å². The number of rotatable bonds is 4. The Kier molecular flexibility index (Phi) is 5.43. The zero-order valence-corrected chi connectivity index (χ0v) is 12.9. The van der Waals surface area contributed by atoms with Gasteiger partial charge < -0.3 is 14.8 Å². The Labute approximate surface area is 131 Å². The molecule has 1 amide bonds. The molecule has 0 radical (unpaired) electrons. The van der Waals surface area contributed by atoms with Crippen LogP contribution in [-0.4, -0.2) is 55.9 Å². The summed E-state index contributed by atoms with van der Waals surface area (Å²) in [5.74, 6) is -0.00624. The zero-order valence-electron chi connectivity index (χ0n) is 12.9. The first-order valence-electron chi connectivity index (χ1n) is 8.07. The number of hydrogen-bond donors (Lipinski definition) is 1. The van der Waals surface area contributed by atoms with Gasteiger partial charge in [-0.25, -0.2) is 0 Å². The quantitative estimate of drug-likeness (QED) is 0.907. The molecule has 5 nitrogen and oxygen atoms in total. The molecule has 2 aliphatic heterocycles. The van der Waals surface area contributed by atoms with Crippen molar-refractivity contribution in [3.05, 3.63) is 35.9 Å². The maximum absolute atomic E-state index is 12.3. The summed E-state index contributed by atoms with van der Waals surface area (Å²) in [7, 11) is 0. The van der Waals surface area contributed by atoms with Crippen molar-refractivity contribution in [2.24, 2.45) is 0 Å². The summed E-state index contributed by atoms with van der Waals surface area (Å²) < 4.78 is 11.1. The number of carbonyl (C=O) groups excluding carboxylic acids is 1. The van der Waals surface area contributed by atoms with E-state index in [1.165, 1.54) is 5.56 Å². The maximum atomic E-state index is 12.3. The highest BCUT2D eigenvalue weighted by Crippen LogP contribution is 2.12. The van der Waals surface area contributed by atoms with Gasteiger partial charge in [-0.05, 0) is 18.4 Å². The molecule has 0 bridgehead atoms. The van der Waals surface area contributed by atoms with E-state index in [9.17, 15) is 4.79 Å². The van der Waals surface area contributed by atoms with Crippen molar-refractivity contribution in [2.75, 3.05) is 32.9 Å². The summed E-state index contributed by atoms with van der Waals surface area (Å²) in [6, 6.07) is 10.5. The molecule has 1 aromatic carbocycles. The molecule has 0 saturated carbocycles. The predicted molar refractivity (Wildman–Crippen MR) is 83.4 cm³/mol. The van der Waals surface area contributed by atoms with Gasteiger partial charge in [0.25, 0.3) is 5.91 Å². The Morgan fingerprint density at radius 2 is 2.14 bits per heavy atom. The van der Waals surface area contributed by atoms with Crippen LogP contribution >= 0.6 is 0 Å². The van der Waals surface area contributed by atoms with Gasteiger partial charge in [0.1, 0.15) is 6.10 Å². The Bertz CT molecular complexity index is 474. The fourth-order valence-corrected chi connectivity index (χ4v) is 3.00. The summed E-state index contributed by atoms with van der Waals surface area (Å²) >= 11 is 0. The summed E-state index contributed by atoms with van der Waals surface area (Å²) in [6.07, 6.45) is 1.63. The Morgan fingerprint density at radius 3 is 2.91 bits per heavy atom. The first-order valence-corrected chi connectivity index (χ1v) is 8.07. The van der Waals surface area contributed by atoms with Gasteiger partial charge in [0.15, 0.2) is 0 Å². The Morgan fingerprint density at radius 1 is 1.27 bits per heavy atom. The van der Waals surface area contributed by atoms with Crippen LogP contribution in [0, 0.1) is 0 Å². The van der Waals surface area contributed by atoms with E-state index in [1.807, 2.05) is 18.2 Å². The van der Waals surface area contributed by atoms with Gasteiger partial charge in [-0.1, -0.05) is 30.3 Å². The van der Waals surface area contributed by atoms with Gasteiger partial charge in [-0.3, -0.25) is 9.69 Å². The van der Waals surface area contributed by atoms with E-state index in [2.05, 4.69) is 22.3 Å². The maximum Gasteiger partial charge on any atom is 0.250 e. The number of ether oxygens (including phenoxy) is 2. The van der Waals surface area contributed by atoms with Crippen LogP contribution in [0.1, 0.15) is 18.4 Å². The average molecular weight is 304 g/mol. The van der Waals surface area contributed by atoms with Gasteiger partial charge in [-0.2, -0.15) is 0 Å². The molecule has 2 aliphatic rings. The number of amides is 1. The van der Waals surface area contributed by atoms with Crippen molar-refractivity contribution in [3.8, 4) is 0 Å². The molecule has 2 fully saturated rings. The number of carbonyl (C=O) groups is 1. The third kappa shape index (κ3) is 4.29. The lowest BCUT2D eigenvalue weighted by Crippen LogP contribution is -2.52. The van der Waals surface area contributed by atoms with Crippen molar-refractivity contribution >= 4 is 5.91 Å². The van der Waals surface area contributed by atoms with Crippen molar-refractivity contribution < 1.29 is 14.3 Å². The van der Waals surface area contributed by atoms with Crippen LogP contribution in [-0.2, 0) is 20.8 Å². The van der Waals surface area contributed by atoms with Crippen LogP contribution < -0.4 is 5.32 Å². The molecule has 5 heteroatoms.